The Hall–Kier alpha value is -4.99. The Morgan fingerprint density at radius 3 is 2.05 bits per heavy atom. The molecule has 0 spiro atoms. The Kier molecular flexibility index (Phi) is 8.39. The van der Waals surface area contributed by atoms with Gasteiger partial charge in [0.1, 0.15) is 5.82 Å². The number of hydrogen-bond acceptors (Lipinski definition) is 2. The number of aryl methyl sites for hydroxylation is 1. The monoisotopic (exact) mass is 958 g/mol. The van der Waals surface area contributed by atoms with Crippen LogP contribution >= 0.6 is 0 Å². The van der Waals surface area contributed by atoms with Crippen LogP contribution in [0, 0.1) is 18.5 Å². The van der Waals surface area contributed by atoms with E-state index in [2.05, 4.69) is 133 Å². The summed E-state index contributed by atoms with van der Waals surface area (Å²) in [7, 11) is 0. The second-order valence-electron chi connectivity index (χ2n) is 19.3. The van der Waals surface area contributed by atoms with Crippen LogP contribution in [0.5, 0.6) is 11.5 Å². The van der Waals surface area contributed by atoms with Crippen LogP contribution in [0.1, 0.15) is 107 Å². The molecule has 8 aromatic rings. The molecule has 5 aromatic carbocycles. The molecule has 0 amide bonds. The predicted octanol–water partition coefficient (Wildman–Crippen LogP) is 12.5. The smallest absolute Gasteiger partial charge is 0.242 e. The molecular weight excluding hydrogens is 904 g/mol. The molecular formula is C53H52N4OPt-2. The average Bonchev–Trinajstić information content (AvgIpc) is 3.78. The van der Waals surface area contributed by atoms with Gasteiger partial charge in [-0.3, -0.25) is 0 Å². The topological polar surface area (TPSA) is 35.9 Å². The van der Waals surface area contributed by atoms with E-state index in [1.54, 1.807) is 10.6 Å². The largest absolute Gasteiger partial charge is 0.510 e. The molecule has 6 heteroatoms. The third-order valence-electron chi connectivity index (χ3n) is 13.6. The van der Waals surface area contributed by atoms with Gasteiger partial charge in [-0.05, 0) is 98.2 Å². The Balaban J connectivity index is 0.00000490. The minimum atomic E-state index is -2.39. The quantitative estimate of drug-likeness (QED) is 0.127. The Bertz CT molecular complexity index is 3080. The summed E-state index contributed by atoms with van der Waals surface area (Å²) < 4.78 is 36.1. The fourth-order valence-corrected chi connectivity index (χ4v) is 9.71. The number of para-hydroxylation sites is 2. The number of rotatable bonds is 5. The Morgan fingerprint density at radius 2 is 1.29 bits per heavy atom. The fraction of sp³-hybridized carbons (Fsp3) is 0.321. The van der Waals surface area contributed by atoms with Crippen LogP contribution in [-0.2, 0) is 49.7 Å². The van der Waals surface area contributed by atoms with Crippen molar-refractivity contribution in [3.8, 4) is 34.1 Å². The molecule has 0 N–H and O–H groups in total. The van der Waals surface area contributed by atoms with E-state index in [9.17, 15) is 0 Å². The molecule has 0 saturated carbocycles. The van der Waals surface area contributed by atoms with Crippen molar-refractivity contribution in [2.75, 3.05) is 0 Å². The number of benzene rings is 5. The number of aromatic nitrogens is 4. The summed E-state index contributed by atoms with van der Waals surface area (Å²) in [4.78, 5) is 5.20. The van der Waals surface area contributed by atoms with Crippen molar-refractivity contribution in [3.63, 3.8) is 0 Å². The molecule has 0 bridgehead atoms. The van der Waals surface area contributed by atoms with Crippen molar-refractivity contribution in [2.24, 2.45) is 6.98 Å². The summed E-state index contributed by atoms with van der Waals surface area (Å²) >= 11 is 0. The molecule has 0 saturated heterocycles. The molecule has 10 rings (SSSR count). The summed E-state index contributed by atoms with van der Waals surface area (Å²) in [6.07, 6.45) is 9.72. The van der Waals surface area contributed by atoms with Crippen molar-refractivity contribution in [1.82, 2.24) is 14.1 Å². The second-order valence-corrected chi connectivity index (χ2v) is 19.3. The zero-order valence-corrected chi connectivity index (χ0v) is 37.4. The van der Waals surface area contributed by atoms with Gasteiger partial charge in [-0.15, -0.1) is 29.7 Å². The number of hydrogen-bond donors (Lipinski definition) is 0. The number of ether oxygens (including phenoxy) is 1. The molecule has 3 aromatic heterocycles. The van der Waals surface area contributed by atoms with E-state index in [4.69, 9.17) is 13.8 Å². The standard InChI is InChI=1S/C53H52N4O.Pt/c1-50(2)23-24-51(3,4)42-28-35(17-21-41(42)50)34-18-22-45-40(27-34)39-20-19-38(58-37-14-12-13-36(29-37)56-33-55(9)46-15-10-11-16-47(46)56)30-48(39)57(45)49-31-43-44(32-54-49)53(7,8)26-25-52(43,5)6;/h10-22,27-28,31-32H,23-26H2,1-9H3;/q-2;/i9D3;. The van der Waals surface area contributed by atoms with Gasteiger partial charge in [0, 0.05) is 44.3 Å². The van der Waals surface area contributed by atoms with Crippen LogP contribution in [0.4, 0.5) is 0 Å². The molecule has 5 nitrogen and oxygen atoms in total. The van der Waals surface area contributed by atoms with Gasteiger partial charge < -0.3 is 18.4 Å². The predicted molar refractivity (Wildman–Crippen MR) is 236 cm³/mol. The summed E-state index contributed by atoms with van der Waals surface area (Å²) in [5.41, 5.74) is 12.1. The van der Waals surface area contributed by atoms with Gasteiger partial charge in [-0.1, -0.05) is 121 Å². The SMILES string of the molecule is [2H]C([2H])([2H])[n+]1[c-]n(-c2[c-]c(Oc3[c-]c4c(cc3)c3cc(-c5ccc6c(c5)C(C)(C)CCC6(C)C)ccc3n4-c3cc4c(cn3)C(C)(C)CCC4(C)C)ccc2)c2ccccc21.[Pt]. The first kappa shape index (κ1) is 35.9. The summed E-state index contributed by atoms with van der Waals surface area (Å²) in [6, 6.07) is 40.3. The van der Waals surface area contributed by atoms with Crippen LogP contribution < -0.4 is 9.30 Å². The number of nitrogens with zero attached hydrogens (tertiary/aromatic N) is 4. The van der Waals surface area contributed by atoms with Crippen LogP contribution in [0.3, 0.4) is 0 Å². The first-order valence-corrected chi connectivity index (χ1v) is 20.6. The zero-order valence-electron chi connectivity index (χ0n) is 38.2. The van der Waals surface area contributed by atoms with E-state index < -0.39 is 6.98 Å². The maximum atomic E-state index is 8.11. The van der Waals surface area contributed by atoms with Gasteiger partial charge in [0.2, 0.25) is 6.33 Å². The minimum absolute atomic E-state index is 0. The van der Waals surface area contributed by atoms with E-state index in [0.717, 1.165) is 40.5 Å². The molecule has 2 aliphatic carbocycles. The summed E-state index contributed by atoms with van der Waals surface area (Å²) in [5, 5.41) is 2.18. The Labute approximate surface area is 367 Å². The van der Waals surface area contributed by atoms with Crippen molar-refractivity contribution in [2.45, 2.75) is 103 Å². The Morgan fingerprint density at radius 1 is 0.627 bits per heavy atom. The molecule has 2 aliphatic rings. The van der Waals surface area contributed by atoms with Crippen molar-refractivity contribution >= 4 is 32.8 Å². The maximum Gasteiger partial charge on any atom is 0.242 e. The molecule has 0 unspecified atom stereocenters. The van der Waals surface area contributed by atoms with Gasteiger partial charge in [0.15, 0.2) is 0 Å². The third-order valence-corrected chi connectivity index (χ3v) is 13.6. The molecule has 302 valence electrons. The van der Waals surface area contributed by atoms with E-state index >= 15 is 0 Å². The van der Waals surface area contributed by atoms with Crippen molar-refractivity contribution < 1.29 is 34.5 Å². The first-order valence-electron chi connectivity index (χ1n) is 22.1. The van der Waals surface area contributed by atoms with Crippen molar-refractivity contribution in [3.05, 3.63) is 144 Å². The summed E-state index contributed by atoms with van der Waals surface area (Å²) in [6.45, 7) is 16.5. The molecule has 59 heavy (non-hydrogen) atoms. The van der Waals surface area contributed by atoms with Gasteiger partial charge >= 0.3 is 0 Å². The molecule has 0 fully saturated rings. The van der Waals surface area contributed by atoms with Crippen LogP contribution in [0.2, 0.25) is 0 Å². The number of fused-ring (bicyclic) bond motifs is 6. The van der Waals surface area contributed by atoms with E-state index in [-0.39, 0.29) is 42.7 Å². The molecule has 0 radical (unpaired) electrons. The average molecular weight is 959 g/mol. The minimum Gasteiger partial charge on any atom is -0.510 e. The van der Waals surface area contributed by atoms with Crippen LogP contribution in [-0.4, -0.2) is 14.1 Å². The third kappa shape index (κ3) is 6.47. The van der Waals surface area contributed by atoms with Crippen LogP contribution in [0.15, 0.2) is 103 Å². The van der Waals surface area contributed by atoms with Crippen LogP contribution in [0.25, 0.3) is 55.5 Å². The van der Waals surface area contributed by atoms with E-state index in [0.29, 0.717) is 28.2 Å². The number of pyridine rings is 1. The zero-order chi connectivity index (χ0) is 42.9. The van der Waals surface area contributed by atoms with Gasteiger partial charge in [-0.25, -0.2) is 4.98 Å². The van der Waals surface area contributed by atoms with Crippen molar-refractivity contribution in [1.29, 1.82) is 0 Å². The fourth-order valence-electron chi connectivity index (χ4n) is 9.71. The maximum absolute atomic E-state index is 8.11. The molecule has 0 atom stereocenters. The number of imidazole rings is 1. The van der Waals surface area contributed by atoms with E-state index in [1.807, 2.05) is 42.5 Å². The first-order chi connectivity index (χ1) is 28.8. The molecule has 3 heterocycles. The van der Waals surface area contributed by atoms with Gasteiger partial charge in [0.05, 0.1) is 22.1 Å². The molecule has 0 aliphatic heterocycles. The second kappa shape index (κ2) is 13.8. The summed E-state index contributed by atoms with van der Waals surface area (Å²) in [5.74, 6) is 1.86. The van der Waals surface area contributed by atoms with E-state index in [1.165, 1.54) is 50.8 Å². The van der Waals surface area contributed by atoms with Gasteiger partial charge in [0.25, 0.3) is 0 Å². The van der Waals surface area contributed by atoms with Gasteiger partial charge in [-0.2, -0.15) is 18.2 Å². The normalized spacial score (nSPS) is 18.3.